The molecule has 1 fully saturated rings. The molecule has 0 aliphatic carbocycles. The molecule has 0 aromatic heterocycles. The van der Waals surface area contributed by atoms with Gasteiger partial charge in [-0.3, -0.25) is 13.9 Å². The maximum absolute atomic E-state index is 10.8. The van der Waals surface area contributed by atoms with Crippen molar-refractivity contribution >= 4 is 16.1 Å². The first-order valence-electron chi connectivity index (χ1n) is 4.11. The third-order valence-electron chi connectivity index (χ3n) is 2.11. The van der Waals surface area contributed by atoms with Crippen LogP contribution in [-0.4, -0.2) is 56.4 Å². The maximum Gasteiger partial charge on any atom is 0.321 e. The second kappa shape index (κ2) is 3.84. The summed E-state index contributed by atoms with van der Waals surface area (Å²) < 4.78 is 26.3. The fourth-order valence-corrected chi connectivity index (χ4v) is 2.19. The third-order valence-corrected chi connectivity index (χ3v) is 2.73. The Morgan fingerprint density at radius 1 is 1.57 bits per heavy atom. The number of likely N-dealkylation sites (tertiary alicyclic amines) is 1. The summed E-state index contributed by atoms with van der Waals surface area (Å²) in [6.45, 7) is 0.323. The Bertz CT molecular complexity index is 325. The van der Waals surface area contributed by atoms with Crippen LogP contribution in [0.2, 0.25) is 0 Å². The van der Waals surface area contributed by atoms with Crippen LogP contribution in [0, 0.1) is 0 Å². The van der Waals surface area contributed by atoms with Gasteiger partial charge in [-0.25, -0.2) is 0 Å². The van der Waals surface area contributed by atoms with Crippen LogP contribution < -0.4 is 0 Å². The number of carboxylic acids is 1. The lowest BCUT2D eigenvalue weighted by Crippen LogP contribution is -2.32. The van der Waals surface area contributed by atoms with E-state index in [1.54, 1.807) is 11.9 Å². The predicted octanol–water partition coefficient (Wildman–Crippen LogP) is -0.880. The molecule has 7 heteroatoms. The zero-order chi connectivity index (χ0) is 10.9. The van der Waals surface area contributed by atoms with E-state index in [9.17, 15) is 13.2 Å². The summed E-state index contributed by atoms with van der Waals surface area (Å²) in [5, 5.41) is 8.75. The van der Waals surface area contributed by atoms with E-state index >= 15 is 0 Å². The Balaban J connectivity index is 2.60. The van der Waals surface area contributed by atoms with Crippen molar-refractivity contribution in [1.82, 2.24) is 4.90 Å². The molecule has 14 heavy (non-hydrogen) atoms. The Morgan fingerprint density at radius 2 is 2.14 bits per heavy atom. The summed E-state index contributed by atoms with van der Waals surface area (Å²) in [7, 11) is -1.87. The van der Waals surface area contributed by atoms with Crippen molar-refractivity contribution in [3.8, 4) is 0 Å². The first-order chi connectivity index (χ1) is 6.29. The fraction of sp³-hybridized carbons (Fsp3) is 0.857. The molecule has 1 heterocycles. The van der Waals surface area contributed by atoms with Gasteiger partial charge in [0.2, 0.25) is 0 Å². The van der Waals surface area contributed by atoms with Gasteiger partial charge in [0, 0.05) is 13.0 Å². The van der Waals surface area contributed by atoms with Crippen molar-refractivity contribution in [2.75, 3.05) is 19.8 Å². The van der Waals surface area contributed by atoms with Crippen LogP contribution in [0.4, 0.5) is 0 Å². The largest absolute Gasteiger partial charge is 0.480 e. The van der Waals surface area contributed by atoms with Gasteiger partial charge in [-0.15, -0.1) is 0 Å². The van der Waals surface area contributed by atoms with E-state index in [-0.39, 0.29) is 6.42 Å². The van der Waals surface area contributed by atoms with Crippen molar-refractivity contribution < 1.29 is 22.5 Å². The van der Waals surface area contributed by atoms with E-state index in [0.717, 1.165) is 6.26 Å². The third kappa shape index (κ3) is 2.93. The second-order valence-electron chi connectivity index (χ2n) is 3.45. The predicted molar refractivity (Wildman–Crippen MR) is 48.4 cm³/mol. The second-order valence-corrected chi connectivity index (χ2v) is 5.05. The van der Waals surface area contributed by atoms with Gasteiger partial charge in [0.05, 0.1) is 12.4 Å². The first kappa shape index (κ1) is 11.4. The van der Waals surface area contributed by atoms with Crippen molar-refractivity contribution in [3.63, 3.8) is 0 Å². The lowest BCUT2D eigenvalue weighted by Gasteiger charge is -2.12. The Morgan fingerprint density at radius 3 is 2.50 bits per heavy atom. The topological polar surface area (TPSA) is 83.9 Å². The number of likely N-dealkylation sites (N-methyl/N-ethyl adjacent to an activating group) is 1. The number of nitrogens with zero attached hydrogens (tertiary/aromatic N) is 1. The van der Waals surface area contributed by atoms with Gasteiger partial charge in [0.15, 0.2) is 0 Å². The molecule has 2 atom stereocenters. The van der Waals surface area contributed by atoms with Crippen molar-refractivity contribution in [2.24, 2.45) is 0 Å². The maximum atomic E-state index is 10.8. The zero-order valence-electron chi connectivity index (χ0n) is 8.00. The Kier molecular flexibility index (Phi) is 3.13. The smallest absolute Gasteiger partial charge is 0.321 e. The molecule has 1 N–H and O–H groups in total. The van der Waals surface area contributed by atoms with Crippen molar-refractivity contribution in [3.05, 3.63) is 0 Å². The molecule has 0 amide bonds. The minimum Gasteiger partial charge on any atom is -0.480 e. The van der Waals surface area contributed by atoms with Crippen LogP contribution in [0.5, 0.6) is 0 Å². The molecule has 1 aliphatic heterocycles. The summed E-state index contributed by atoms with van der Waals surface area (Å²) in [6.07, 6.45) is 0.621. The monoisotopic (exact) mass is 223 g/mol. The molecule has 82 valence electrons. The van der Waals surface area contributed by atoms with E-state index in [1.165, 1.54) is 0 Å². The SMILES string of the molecule is CN1C[C@@H](OS(C)(=O)=O)C[C@H]1C(=O)O. The van der Waals surface area contributed by atoms with Gasteiger partial charge in [0.1, 0.15) is 6.04 Å². The van der Waals surface area contributed by atoms with Crippen LogP contribution in [0.3, 0.4) is 0 Å². The highest BCUT2D eigenvalue weighted by Crippen LogP contribution is 2.19. The lowest BCUT2D eigenvalue weighted by atomic mass is 10.2. The molecule has 0 unspecified atom stereocenters. The van der Waals surface area contributed by atoms with Gasteiger partial charge in [-0.1, -0.05) is 0 Å². The normalized spacial score (nSPS) is 29.3. The minimum absolute atomic E-state index is 0.207. The van der Waals surface area contributed by atoms with E-state index in [2.05, 4.69) is 0 Å². The summed E-state index contributed by atoms with van der Waals surface area (Å²) in [6, 6.07) is -0.651. The van der Waals surface area contributed by atoms with E-state index in [1.807, 2.05) is 0 Å². The molecule has 1 aliphatic rings. The Hall–Kier alpha value is -0.660. The van der Waals surface area contributed by atoms with Gasteiger partial charge in [-0.2, -0.15) is 8.42 Å². The number of carboxylic acid groups (broad SMARTS) is 1. The molecule has 0 spiro atoms. The molecule has 6 nitrogen and oxygen atoms in total. The van der Waals surface area contributed by atoms with Gasteiger partial charge in [0.25, 0.3) is 10.1 Å². The number of carbonyl (C=O) groups is 1. The van der Waals surface area contributed by atoms with Crippen LogP contribution in [0.1, 0.15) is 6.42 Å². The number of hydrogen-bond acceptors (Lipinski definition) is 5. The van der Waals surface area contributed by atoms with Gasteiger partial charge >= 0.3 is 5.97 Å². The summed E-state index contributed by atoms with van der Waals surface area (Å²) >= 11 is 0. The van der Waals surface area contributed by atoms with E-state index < -0.39 is 28.2 Å². The molecule has 1 rings (SSSR count). The van der Waals surface area contributed by atoms with Crippen molar-refractivity contribution in [1.29, 1.82) is 0 Å². The molecule has 0 radical (unpaired) electrons. The van der Waals surface area contributed by atoms with Gasteiger partial charge < -0.3 is 5.11 Å². The summed E-state index contributed by atoms with van der Waals surface area (Å²) in [5.74, 6) is -0.952. The molecule has 0 bridgehead atoms. The quantitative estimate of drug-likeness (QED) is 0.625. The standard InChI is InChI=1S/C7H13NO5S/c1-8-4-5(13-14(2,11)12)3-6(8)7(9)10/h5-6H,3-4H2,1-2H3,(H,9,10)/t5-,6-/m0/s1. The zero-order valence-corrected chi connectivity index (χ0v) is 8.82. The van der Waals surface area contributed by atoms with Crippen LogP contribution >= 0.6 is 0 Å². The first-order valence-corrected chi connectivity index (χ1v) is 5.92. The van der Waals surface area contributed by atoms with Crippen LogP contribution in [0.25, 0.3) is 0 Å². The van der Waals surface area contributed by atoms with Crippen LogP contribution in [-0.2, 0) is 19.1 Å². The highest BCUT2D eigenvalue weighted by Gasteiger charge is 2.36. The average molecular weight is 223 g/mol. The van der Waals surface area contributed by atoms with Crippen LogP contribution in [0.15, 0.2) is 0 Å². The molecular weight excluding hydrogens is 210 g/mol. The van der Waals surface area contributed by atoms with Gasteiger partial charge in [-0.05, 0) is 7.05 Å². The highest BCUT2D eigenvalue weighted by molar-refractivity contribution is 7.86. The fourth-order valence-electron chi connectivity index (χ4n) is 1.56. The molecule has 0 saturated carbocycles. The molecular formula is C7H13NO5S. The number of aliphatic carboxylic acids is 1. The number of hydrogen-bond donors (Lipinski definition) is 1. The minimum atomic E-state index is -3.50. The molecule has 0 aromatic carbocycles. The highest BCUT2D eigenvalue weighted by atomic mass is 32.2. The lowest BCUT2D eigenvalue weighted by molar-refractivity contribution is -0.141. The molecule has 0 aromatic rings. The van der Waals surface area contributed by atoms with E-state index in [0.29, 0.717) is 6.54 Å². The van der Waals surface area contributed by atoms with E-state index in [4.69, 9.17) is 9.29 Å². The number of rotatable bonds is 3. The Labute approximate surface area is 82.6 Å². The van der Waals surface area contributed by atoms with Crippen molar-refractivity contribution in [2.45, 2.75) is 18.6 Å². The average Bonchev–Trinajstić information content (AvgIpc) is 2.26. The summed E-state index contributed by atoms with van der Waals surface area (Å²) in [4.78, 5) is 12.2. The molecule has 1 saturated heterocycles. The summed E-state index contributed by atoms with van der Waals surface area (Å²) in [5.41, 5.74) is 0.